The number of aliphatic carboxylic acids is 1. The highest BCUT2D eigenvalue weighted by Gasteiger charge is 2.25. The predicted molar refractivity (Wildman–Crippen MR) is 75.8 cm³/mol. The molecule has 2 atom stereocenters. The number of carbonyl (C=O) groups is 2. The summed E-state index contributed by atoms with van der Waals surface area (Å²) in [5.41, 5.74) is 6.23. The minimum Gasteiger partial charge on any atom is -0.479 e. The van der Waals surface area contributed by atoms with Crippen LogP contribution in [0.2, 0.25) is 0 Å². The van der Waals surface area contributed by atoms with Crippen molar-refractivity contribution in [1.82, 2.24) is 20.1 Å². The van der Waals surface area contributed by atoms with Crippen molar-refractivity contribution < 1.29 is 14.7 Å². The maximum atomic E-state index is 12.1. The molecule has 0 spiro atoms. The fourth-order valence-electron chi connectivity index (χ4n) is 1.68. The van der Waals surface area contributed by atoms with Gasteiger partial charge in [0.05, 0.1) is 12.2 Å². The molecule has 112 valence electrons. The summed E-state index contributed by atoms with van der Waals surface area (Å²) in [6.07, 6.45) is 2.93. The second-order valence-electron chi connectivity index (χ2n) is 4.55. The lowest BCUT2D eigenvalue weighted by molar-refractivity contribution is -0.139. The number of carboxylic acid groups (broad SMARTS) is 1. The first kappa shape index (κ1) is 15.1. The van der Waals surface area contributed by atoms with Crippen LogP contribution >= 0.6 is 11.3 Å². The van der Waals surface area contributed by atoms with E-state index in [1.807, 2.05) is 0 Å². The van der Waals surface area contributed by atoms with Gasteiger partial charge < -0.3 is 16.2 Å². The van der Waals surface area contributed by atoms with Gasteiger partial charge in [-0.1, -0.05) is 0 Å². The van der Waals surface area contributed by atoms with Gasteiger partial charge in [0, 0.05) is 24.2 Å². The van der Waals surface area contributed by atoms with Crippen molar-refractivity contribution >= 4 is 23.2 Å². The van der Waals surface area contributed by atoms with Gasteiger partial charge in [-0.3, -0.25) is 9.48 Å². The molecule has 0 aliphatic heterocycles. The van der Waals surface area contributed by atoms with E-state index in [1.54, 1.807) is 19.4 Å². The number of nitrogens with two attached hydrogens (primary N) is 1. The number of rotatable bonds is 5. The van der Waals surface area contributed by atoms with Crippen molar-refractivity contribution in [3.05, 3.63) is 34.0 Å². The lowest BCUT2D eigenvalue weighted by Gasteiger charge is -2.11. The Labute approximate surface area is 124 Å². The predicted octanol–water partition coefficient (Wildman–Crippen LogP) is 0.452. The number of nitrogens with one attached hydrogen (secondary N) is 1. The normalized spacial score (nSPS) is 13.7. The minimum atomic E-state index is -1.17. The fraction of sp³-hybridized carbons (Fsp3) is 0.333. The molecule has 0 radical (unpaired) electrons. The van der Waals surface area contributed by atoms with Crippen LogP contribution in [-0.2, 0) is 11.8 Å². The minimum absolute atomic E-state index is 0.155. The molecule has 1 amide bonds. The van der Waals surface area contributed by atoms with Crippen LogP contribution in [0.15, 0.2) is 17.8 Å². The van der Waals surface area contributed by atoms with E-state index in [4.69, 9.17) is 5.73 Å². The van der Waals surface area contributed by atoms with Crippen LogP contribution in [0, 0.1) is 0 Å². The number of aromatic nitrogens is 3. The third-order valence-electron chi connectivity index (χ3n) is 2.72. The molecule has 0 fully saturated rings. The molecule has 4 N–H and O–H groups in total. The Balaban J connectivity index is 2.16. The van der Waals surface area contributed by atoms with Gasteiger partial charge in [-0.2, -0.15) is 5.10 Å². The van der Waals surface area contributed by atoms with Crippen molar-refractivity contribution in [2.45, 2.75) is 19.0 Å². The Morgan fingerprint density at radius 3 is 2.71 bits per heavy atom. The van der Waals surface area contributed by atoms with Gasteiger partial charge in [-0.25, -0.2) is 9.78 Å². The molecule has 2 aromatic rings. The van der Waals surface area contributed by atoms with Crippen LogP contribution in [0.1, 0.15) is 40.1 Å². The average molecular weight is 309 g/mol. The maximum Gasteiger partial charge on any atom is 0.331 e. The number of carbonyl (C=O) groups excluding carboxylic acids is 1. The molecular formula is C12H15N5O3S. The number of hydrogen-bond acceptors (Lipinski definition) is 6. The van der Waals surface area contributed by atoms with Crippen molar-refractivity contribution in [3.63, 3.8) is 0 Å². The Hall–Kier alpha value is -2.26. The number of thiazole rings is 1. The van der Waals surface area contributed by atoms with E-state index in [2.05, 4.69) is 15.4 Å². The molecule has 0 aromatic carbocycles. The molecular weight excluding hydrogens is 294 g/mol. The highest BCUT2D eigenvalue weighted by molar-refractivity contribution is 7.09. The van der Waals surface area contributed by atoms with Gasteiger partial charge in [0.1, 0.15) is 10.7 Å². The highest BCUT2D eigenvalue weighted by atomic mass is 32.1. The molecule has 0 aliphatic rings. The first-order valence-electron chi connectivity index (χ1n) is 6.11. The smallest absolute Gasteiger partial charge is 0.331 e. The van der Waals surface area contributed by atoms with E-state index < -0.39 is 17.9 Å². The number of amides is 1. The number of nitrogens with zero attached hydrogens (tertiary/aromatic N) is 3. The van der Waals surface area contributed by atoms with Crippen molar-refractivity contribution in [1.29, 1.82) is 0 Å². The Kier molecular flexibility index (Phi) is 4.34. The molecule has 2 aromatic heterocycles. The highest BCUT2D eigenvalue weighted by Crippen LogP contribution is 2.17. The van der Waals surface area contributed by atoms with Crippen LogP contribution in [0.4, 0.5) is 0 Å². The van der Waals surface area contributed by atoms with Gasteiger partial charge >= 0.3 is 5.97 Å². The van der Waals surface area contributed by atoms with E-state index in [1.165, 1.54) is 28.4 Å². The molecule has 0 saturated carbocycles. The SMILES string of the molecule is CC(N)c1nc(C(=O)NC(C(=O)O)c2cnn(C)c2)cs1. The van der Waals surface area contributed by atoms with Gasteiger partial charge in [-0.05, 0) is 6.92 Å². The molecule has 0 aliphatic carbocycles. The monoisotopic (exact) mass is 309 g/mol. The largest absolute Gasteiger partial charge is 0.479 e. The molecule has 0 saturated heterocycles. The molecule has 2 heterocycles. The van der Waals surface area contributed by atoms with E-state index in [-0.39, 0.29) is 11.7 Å². The van der Waals surface area contributed by atoms with Crippen molar-refractivity contribution in [2.24, 2.45) is 12.8 Å². The van der Waals surface area contributed by atoms with Gasteiger partial charge in [0.2, 0.25) is 0 Å². The summed E-state index contributed by atoms with van der Waals surface area (Å²) < 4.78 is 1.47. The second kappa shape index (κ2) is 6.02. The molecule has 9 heteroatoms. The molecule has 2 unspecified atom stereocenters. The van der Waals surface area contributed by atoms with E-state index in [0.717, 1.165) is 0 Å². The summed E-state index contributed by atoms with van der Waals surface area (Å²) in [7, 11) is 1.67. The summed E-state index contributed by atoms with van der Waals surface area (Å²) in [6, 6.07) is -1.45. The standard InChI is InChI=1S/C12H15N5O3S/c1-6(13)11-15-8(5-21-11)10(18)16-9(12(19)20)7-3-14-17(2)4-7/h3-6,9H,13H2,1-2H3,(H,16,18)(H,19,20). The topological polar surface area (TPSA) is 123 Å². The molecule has 21 heavy (non-hydrogen) atoms. The third-order valence-corrected chi connectivity index (χ3v) is 3.77. The summed E-state index contributed by atoms with van der Waals surface area (Å²) in [5, 5.41) is 17.7. The second-order valence-corrected chi connectivity index (χ2v) is 5.44. The zero-order valence-electron chi connectivity index (χ0n) is 11.5. The average Bonchev–Trinajstić information content (AvgIpc) is 3.04. The Bertz CT molecular complexity index is 663. The number of carboxylic acids is 1. The van der Waals surface area contributed by atoms with Gasteiger partial charge in [-0.15, -0.1) is 11.3 Å². The Morgan fingerprint density at radius 2 is 2.24 bits per heavy atom. The summed E-state index contributed by atoms with van der Waals surface area (Å²) in [4.78, 5) is 27.5. The maximum absolute atomic E-state index is 12.1. The molecule has 2 rings (SSSR count). The van der Waals surface area contributed by atoms with Crippen LogP contribution in [0.3, 0.4) is 0 Å². The Morgan fingerprint density at radius 1 is 1.52 bits per heavy atom. The summed E-state index contributed by atoms with van der Waals surface area (Å²) in [5.74, 6) is -1.73. The van der Waals surface area contributed by atoms with Gasteiger partial charge in [0.15, 0.2) is 6.04 Å². The number of aryl methyl sites for hydroxylation is 1. The summed E-state index contributed by atoms with van der Waals surface area (Å²) in [6.45, 7) is 1.76. The van der Waals surface area contributed by atoms with Crippen molar-refractivity contribution in [3.8, 4) is 0 Å². The van der Waals surface area contributed by atoms with Crippen LogP contribution in [0.5, 0.6) is 0 Å². The zero-order valence-corrected chi connectivity index (χ0v) is 12.3. The molecule has 8 nitrogen and oxygen atoms in total. The van der Waals surface area contributed by atoms with E-state index in [9.17, 15) is 14.7 Å². The first-order valence-corrected chi connectivity index (χ1v) is 6.99. The number of hydrogen-bond donors (Lipinski definition) is 3. The van der Waals surface area contributed by atoms with E-state index in [0.29, 0.717) is 10.6 Å². The lowest BCUT2D eigenvalue weighted by atomic mass is 10.1. The zero-order chi connectivity index (χ0) is 15.6. The molecule has 0 bridgehead atoms. The quantitative estimate of drug-likeness (QED) is 0.737. The van der Waals surface area contributed by atoms with Crippen LogP contribution in [-0.4, -0.2) is 31.7 Å². The van der Waals surface area contributed by atoms with Crippen molar-refractivity contribution in [2.75, 3.05) is 0 Å². The van der Waals surface area contributed by atoms with E-state index >= 15 is 0 Å². The third kappa shape index (κ3) is 3.44. The fourth-order valence-corrected chi connectivity index (χ4v) is 2.44. The van der Waals surface area contributed by atoms with Crippen LogP contribution < -0.4 is 11.1 Å². The van der Waals surface area contributed by atoms with Crippen LogP contribution in [0.25, 0.3) is 0 Å². The lowest BCUT2D eigenvalue weighted by Crippen LogP contribution is -2.33. The van der Waals surface area contributed by atoms with Gasteiger partial charge in [0.25, 0.3) is 5.91 Å². The summed E-state index contributed by atoms with van der Waals surface area (Å²) >= 11 is 1.26. The first-order chi connectivity index (χ1) is 9.88.